The number of amides is 5. The van der Waals surface area contributed by atoms with Crippen molar-refractivity contribution in [2.75, 3.05) is 11.9 Å². The Morgan fingerprint density at radius 1 is 0.635 bits per heavy atom. The SMILES string of the molecule is CC(C)C[C@H](NC(=O)[C@H](Cc1ccc(N=C(N)N)cc1)NC(=O)[C@H](Cc1ccc(F)cc1)NC(=O)/C=C/c1ccccc1)C(=O)N[C@@H](Cc1ccc(C(=O)c2ccccc2)cc1)C(=O)N[C@@H](CCCNc1ccc([N+](=O)[O-])c2nonc12)C(=O)O. The van der Waals surface area contributed by atoms with Gasteiger partial charge in [-0.15, -0.1) is 0 Å². The van der Waals surface area contributed by atoms with Crippen molar-refractivity contribution in [2.24, 2.45) is 22.4 Å². The van der Waals surface area contributed by atoms with Crippen molar-refractivity contribution in [1.29, 1.82) is 0 Å². The van der Waals surface area contributed by atoms with Gasteiger partial charge in [0.1, 0.15) is 36.0 Å². The number of halogens is 1. The van der Waals surface area contributed by atoms with Gasteiger partial charge in [0.15, 0.2) is 17.3 Å². The standard InChI is InChI=1S/C61H63FN12O11/c1-36(2)32-47(69-59(80)50(35-40-19-26-44(27-20-40)66-61(63)64)71-57(78)48(33-39-17-24-43(62)25-18-39)67-52(75)30-21-37-10-5-3-6-11-37)56(77)70-49(34-38-15-22-42(23-16-38)55(76)41-12-7-4-8-13-41)58(79)68-46(60(81)82)14-9-31-65-45-28-29-51(74(83)84)54-53(45)72-85-73-54/h3-8,10-13,15-30,36,46-50,65H,9,14,31-35H2,1-2H3,(H,67,75)(H,68,79)(H,69,80)(H,70,77)(H,71,78)(H,81,82)(H4,63,64,66)/b30-21+/t46-,47-,48-,49-,50-/m0/s1. The number of nitro groups is 1. The first-order valence-electron chi connectivity index (χ1n) is 27.0. The summed E-state index contributed by atoms with van der Waals surface area (Å²) in [5.74, 6) is -6.69. The average molecular weight is 1160 g/mol. The highest BCUT2D eigenvalue weighted by atomic mass is 19.1. The number of guanidine groups is 1. The molecule has 0 fully saturated rings. The number of aromatic nitrogens is 2. The van der Waals surface area contributed by atoms with Crippen molar-refractivity contribution in [3.63, 3.8) is 0 Å². The van der Waals surface area contributed by atoms with Gasteiger partial charge in [0.2, 0.25) is 35.1 Å². The second-order valence-corrected chi connectivity index (χ2v) is 20.3. The molecule has 0 bridgehead atoms. The zero-order valence-corrected chi connectivity index (χ0v) is 46.3. The third-order valence-electron chi connectivity index (χ3n) is 13.3. The highest BCUT2D eigenvalue weighted by molar-refractivity contribution is 6.09. The summed E-state index contributed by atoms with van der Waals surface area (Å²) < 4.78 is 18.8. The molecule has 0 aliphatic carbocycles. The number of rotatable bonds is 29. The Kier molecular flexibility index (Phi) is 21.8. The van der Waals surface area contributed by atoms with E-state index in [0.717, 1.165) is 0 Å². The van der Waals surface area contributed by atoms with E-state index in [9.17, 15) is 53.2 Å². The zero-order chi connectivity index (χ0) is 61.0. The second kappa shape index (κ2) is 29.9. The lowest BCUT2D eigenvalue weighted by Crippen LogP contribution is -2.59. The number of nitrogens with one attached hydrogen (secondary N) is 6. The first-order valence-corrected chi connectivity index (χ1v) is 27.0. The fourth-order valence-electron chi connectivity index (χ4n) is 9.04. The van der Waals surface area contributed by atoms with Crippen LogP contribution in [0.3, 0.4) is 0 Å². The number of ketones is 1. The van der Waals surface area contributed by atoms with Crippen molar-refractivity contribution >= 4 is 81.4 Å². The Balaban J connectivity index is 1.13. The molecule has 85 heavy (non-hydrogen) atoms. The minimum atomic E-state index is -1.49. The van der Waals surface area contributed by atoms with E-state index in [1.54, 1.807) is 123 Å². The zero-order valence-electron chi connectivity index (χ0n) is 46.3. The van der Waals surface area contributed by atoms with E-state index in [1.807, 2.05) is 6.07 Å². The molecule has 5 amide bonds. The Hall–Kier alpha value is -10.6. The average Bonchev–Trinajstić information content (AvgIpc) is 3.78. The number of carboxylic acids is 1. The van der Waals surface area contributed by atoms with Crippen LogP contribution in [0, 0.1) is 21.8 Å². The molecule has 0 aliphatic heterocycles. The third-order valence-corrected chi connectivity index (χ3v) is 13.3. The maximum Gasteiger partial charge on any atom is 0.326 e. The fraction of sp³-hybridized carbons (Fsp3) is 0.246. The molecule has 7 rings (SSSR count). The lowest BCUT2D eigenvalue weighted by atomic mass is 9.98. The minimum Gasteiger partial charge on any atom is -0.480 e. The lowest BCUT2D eigenvalue weighted by Gasteiger charge is -2.28. The predicted octanol–water partition coefficient (Wildman–Crippen LogP) is 5.59. The van der Waals surface area contributed by atoms with Crippen molar-refractivity contribution in [2.45, 2.75) is 82.6 Å². The smallest absolute Gasteiger partial charge is 0.326 e. The number of carbonyl (C=O) groups excluding carboxylic acids is 6. The normalized spacial score (nSPS) is 12.9. The molecular weight excluding hydrogens is 1100 g/mol. The maximum atomic E-state index is 14.8. The Morgan fingerprint density at radius 3 is 1.68 bits per heavy atom. The van der Waals surface area contributed by atoms with Gasteiger partial charge < -0.3 is 48.5 Å². The molecule has 7 aromatic rings. The van der Waals surface area contributed by atoms with Crippen LogP contribution in [-0.4, -0.2) is 104 Å². The summed E-state index contributed by atoms with van der Waals surface area (Å²) in [4.78, 5) is 113. The molecule has 11 N–H and O–H groups in total. The molecule has 1 aromatic heterocycles. The number of carboxylic acid groups (broad SMARTS) is 1. The van der Waals surface area contributed by atoms with Gasteiger partial charge >= 0.3 is 11.7 Å². The summed E-state index contributed by atoms with van der Waals surface area (Å²) >= 11 is 0. The van der Waals surface area contributed by atoms with E-state index >= 15 is 0 Å². The number of benzene rings is 6. The molecule has 0 aliphatic rings. The molecule has 0 saturated carbocycles. The summed E-state index contributed by atoms with van der Waals surface area (Å²) in [6.07, 6.45) is 2.29. The Morgan fingerprint density at radius 2 is 1.13 bits per heavy atom. The van der Waals surface area contributed by atoms with Crippen molar-refractivity contribution in [1.82, 2.24) is 36.9 Å². The molecule has 440 valence electrons. The number of nitrogens with two attached hydrogens (primary N) is 2. The Labute approximate surface area is 487 Å². The summed E-state index contributed by atoms with van der Waals surface area (Å²) in [6.45, 7) is 3.70. The first kappa shape index (κ1) is 62.0. The number of fused-ring (bicyclic) bond motifs is 1. The van der Waals surface area contributed by atoms with E-state index in [-0.39, 0.29) is 79.5 Å². The molecular formula is C61H63FN12O11. The minimum absolute atomic E-state index is 0.00328. The summed E-state index contributed by atoms with van der Waals surface area (Å²) in [5.41, 5.74) is 14.5. The molecule has 24 heteroatoms. The Bertz CT molecular complexity index is 3540. The van der Waals surface area contributed by atoms with E-state index in [4.69, 9.17) is 16.1 Å². The molecule has 23 nitrogen and oxygen atoms in total. The number of hydrogen-bond donors (Lipinski definition) is 9. The van der Waals surface area contributed by atoms with E-state index < -0.39 is 76.5 Å². The molecule has 0 spiro atoms. The van der Waals surface area contributed by atoms with Crippen molar-refractivity contribution < 1.29 is 52.6 Å². The summed E-state index contributed by atoms with van der Waals surface area (Å²) in [5, 5.41) is 45.8. The fourth-order valence-corrected chi connectivity index (χ4v) is 9.04. The van der Waals surface area contributed by atoms with Gasteiger partial charge in [0.05, 0.1) is 16.3 Å². The van der Waals surface area contributed by atoms with Crippen LogP contribution in [-0.2, 0) is 48.0 Å². The van der Waals surface area contributed by atoms with Gasteiger partial charge in [-0.2, -0.15) is 0 Å². The molecule has 5 atom stereocenters. The van der Waals surface area contributed by atoms with Crippen molar-refractivity contribution in [3.8, 4) is 0 Å². The van der Waals surface area contributed by atoms with Crippen LogP contribution < -0.4 is 43.4 Å². The van der Waals surface area contributed by atoms with Gasteiger partial charge in [-0.05, 0) is 94.2 Å². The van der Waals surface area contributed by atoms with Gasteiger partial charge in [0.25, 0.3) is 0 Å². The van der Waals surface area contributed by atoms with Crippen LogP contribution >= 0.6 is 0 Å². The van der Waals surface area contributed by atoms with Crippen LogP contribution in [0.1, 0.15) is 71.3 Å². The third kappa shape index (κ3) is 18.4. The number of hydrogen-bond acceptors (Lipinski definition) is 14. The van der Waals surface area contributed by atoms with Crippen LogP contribution in [0.25, 0.3) is 17.1 Å². The number of aliphatic carboxylic acids is 1. The van der Waals surface area contributed by atoms with Crippen LogP contribution in [0.5, 0.6) is 0 Å². The van der Waals surface area contributed by atoms with E-state index in [0.29, 0.717) is 44.8 Å². The quantitative estimate of drug-likeness (QED) is 0.00524. The number of anilines is 1. The maximum absolute atomic E-state index is 14.8. The number of nitrogens with zero attached hydrogens (tertiary/aromatic N) is 4. The molecule has 0 saturated heterocycles. The largest absolute Gasteiger partial charge is 0.480 e. The molecule has 1 heterocycles. The molecule has 0 unspecified atom stereocenters. The van der Waals surface area contributed by atoms with Gasteiger partial charge in [-0.25, -0.2) is 18.8 Å². The highest BCUT2D eigenvalue weighted by Gasteiger charge is 2.34. The summed E-state index contributed by atoms with van der Waals surface area (Å²) in [6, 6.07) is 31.1. The molecule has 6 aromatic carbocycles. The van der Waals surface area contributed by atoms with E-state index in [2.05, 4.69) is 47.2 Å². The van der Waals surface area contributed by atoms with Gasteiger partial charge in [-0.1, -0.05) is 123 Å². The first-order chi connectivity index (χ1) is 40.8. The highest BCUT2D eigenvalue weighted by Crippen LogP contribution is 2.29. The van der Waals surface area contributed by atoms with Crippen LogP contribution in [0.15, 0.2) is 161 Å². The number of carbonyl (C=O) groups is 7. The van der Waals surface area contributed by atoms with Crippen LogP contribution in [0.2, 0.25) is 0 Å². The van der Waals surface area contributed by atoms with E-state index in [1.165, 1.54) is 42.5 Å². The lowest BCUT2D eigenvalue weighted by molar-refractivity contribution is -0.383. The topological polar surface area (TPSA) is 358 Å². The van der Waals surface area contributed by atoms with Gasteiger partial charge in [-0.3, -0.25) is 38.9 Å². The number of aliphatic imine (C=N–C) groups is 1. The summed E-state index contributed by atoms with van der Waals surface area (Å²) in [7, 11) is 0. The second-order valence-electron chi connectivity index (χ2n) is 20.3. The van der Waals surface area contributed by atoms with Gasteiger partial charge in [0, 0.05) is 49.1 Å². The van der Waals surface area contributed by atoms with Crippen LogP contribution in [0.4, 0.5) is 21.5 Å². The van der Waals surface area contributed by atoms with Crippen molar-refractivity contribution in [3.05, 3.63) is 201 Å². The molecule has 0 radical (unpaired) electrons. The predicted molar refractivity (Wildman–Crippen MR) is 314 cm³/mol. The monoisotopic (exact) mass is 1160 g/mol. The number of nitro benzene ring substituents is 1. The number of non-ortho nitro benzene ring substituents is 1.